The highest BCUT2D eigenvalue weighted by atomic mass is 16.2. The average molecular weight is 232 g/mol. The fourth-order valence-electron chi connectivity index (χ4n) is 2.07. The lowest BCUT2D eigenvalue weighted by molar-refractivity contribution is -0.131. The SMILES string of the molecule is CNCC(=O)N(Cc1cccc(C)c1)C1CC1. The van der Waals surface area contributed by atoms with E-state index in [9.17, 15) is 4.79 Å². The molecular formula is C14H20N2O. The number of carbonyl (C=O) groups excluding carboxylic acids is 1. The number of benzene rings is 1. The molecule has 0 bridgehead atoms. The molecule has 1 saturated carbocycles. The first-order valence-corrected chi connectivity index (χ1v) is 6.20. The maximum Gasteiger partial charge on any atom is 0.237 e. The summed E-state index contributed by atoms with van der Waals surface area (Å²) in [7, 11) is 1.82. The molecule has 3 heteroatoms. The number of likely N-dealkylation sites (N-methyl/N-ethyl adjacent to an activating group) is 1. The van der Waals surface area contributed by atoms with Crippen LogP contribution in [0.2, 0.25) is 0 Å². The summed E-state index contributed by atoms with van der Waals surface area (Å²) in [5.74, 6) is 0.205. The molecule has 0 saturated heterocycles. The molecule has 1 N–H and O–H groups in total. The van der Waals surface area contributed by atoms with Gasteiger partial charge in [-0.05, 0) is 32.4 Å². The van der Waals surface area contributed by atoms with Crippen LogP contribution in [0.4, 0.5) is 0 Å². The Hall–Kier alpha value is -1.35. The summed E-state index contributed by atoms with van der Waals surface area (Å²) in [4.78, 5) is 14.0. The second kappa shape index (κ2) is 5.32. The highest BCUT2D eigenvalue weighted by Gasteiger charge is 2.31. The molecule has 2 rings (SSSR count). The largest absolute Gasteiger partial charge is 0.334 e. The average Bonchev–Trinajstić information content (AvgIpc) is 3.10. The number of nitrogens with zero attached hydrogens (tertiary/aromatic N) is 1. The molecule has 1 aliphatic carbocycles. The Bertz CT molecular complexity index is 399. The molecule has 1 aromatic rings. The Morgan fingerprint density at radius 1 is 1.47 bits per heavy atom. The van der Waals surface area contributed by atoms with Crippen molar-refractivity contribution in [3.8, 4) is 0 Å². The zero-order valence-electron chi connectivity index (χ0n) is 10.6. The van der Waals surface area contributed by atoms with Crippen LogP contribution in [-0.4, -0.2) is 30.4 Å². The number of nitrogens with one attached hydrogen (secondary N) is 1. The first-order chi connectivity index (χ1) is 8.20. The van der Waals surface area contributed by atoms with Crippen LogP contribution in [-0.2, 0) is 11.3 Å². The van der Waals surface area contributed by atoms with E-state index in [0.717, 1.165) is 19.4 Å². The van der Waals surface area contributed by atoms with Gasteiger partial charge >= 0.3 is 0 Å². The lowest BCUT2D eigenvalue weighted by Gasteiger charge is -2.22. The third kappa shape index (κ3) is 3.30. The quantitative estimate of drug-likeness (QED) is 0.838. The molecule has 1 aliphatic rings. The van der Waals surface area contributed by atoms with Gasteiger partial charge in [0.15, 0.2) is 0 Å². The van der Waals surface area contributed by atoms with Gasteiger partial charge in [0.05, 0.1) is 6.54 Å². The van der Waals surface area contributed by atoms with Gasteiger partial charge in [-0.3, -0.25) is 4.79 Å². The monoisotopic (exact) mass is 232 g/mol. The van der Waals surface area contributed by atoms with Crippen LogP contribution in [0.3, 0.4) is 0 Å². The van der Waals surface area contributed by atoms with E-state index in [1.165, 1.54) is 11.1 Å². The molecule has 92 valence electrons. The number of carbonyl (C=O) groups is 1. The summed E-state index contributed by atoms with van der Waals surface area (Å²) in [6.07, 6.45) is 2.31. The third-order valence-electron chi connectivity index (χ3n) is 3.07. The molecule has 0 spiro atoms. The van der Waals surface area contributed by atoms with Crippen molar-refractivity contribution in [2.45, 2.75) is 32.4 Å². The van der Waals surface area contributed by atoms with Gasteiger partial charge in [-0.15, -0.1) is 0 Å². The zero-order chi connectivity index (χ0) is 12.3. The Labute approximate surface area is 103 Å². The van der Waals surface area contributed by atoms with E-state index in [-0.39, 0.29) is 5.91 Å². The molecule has 1 aromatic carbocycles. The first-order valence-electron chi connectivity index (χ1n) is 6.20. The highest BCUT2D eigenvalue weighted by molar-refractivity contribution is 5.78. The van der Waals surface area contributed by atoms with Crippen LogP contribution in [0.1, 0.15) is 24.0 Å². The molecule has 0 atom stereocenters. The summed E-state index contributed by atoms with van der Waals surface area (Å²) in [5.41, 5.74) is 2.47. The molecule has 0 radical (unpaired) electrons. The highest BCUT2D eigenvalue weighted by Crippen LogP contribution is 2.28. The standard InChI is InChI=1S/C14H20N2O/c1-11-4-3-5-12(8-11)10-16(13-6-7-13)14(17)9-15-2/h3-5,8,13,15H,6-7,9-10H2,1-2H3. The van der Waals surface area contributed by atoms with Gasteiger partial charge in [-0.1, -0.05) is 29.8 Å². The number of amides is 1. The molecule has 0 heterocycles. The second-order valence-electron chi connectivity index (χ2n) is 4.77. The number of hydrogen-bond acceptors (Lipinski definition) is 2. The van der Waals surface area contributed by atoms with Crippen LogP contribution in [0.5, 0.6) is 0 Å². The summed E-state index contributed by atoms with van der Waals surface area (Å²) in [6.45, 7) is 3.26. The molecule has 17 heavy (non-hydrogen) atoms. The minimum Gasteiger partial charge on any atom is -0.334 e. The minimum atomic E-state index is 0.205. The molecule has 0 aromatic heterocycles. The van der Waals surface area contributed by atoms with E-state index in [2.05, 4.69) is 36.5 Å². The molecule has 3 nitrogen and oxygen atoms in total. The van der Waals surface area contributed by atoms with E-state index < -0.39 is 0 Å². The summed E-state index contributed by atoms with van der Waals surface area (Å²) in [5, 5.41) is 2.94. The number of rotatable bonds is 5. The van der Waals surface area contributed by atoms with E-state index in [1.54, 1.807) is 0 Å². The van der Waals surface area contributed by atoms with Crippen molar-refractivity contribution in [2.75, 3.05) is 13.6 Å². The van der Waals surface area contributed by atoms with Crippen LogP contribution < -0.4 is 5.32 Å². The Balaban J connectivity index is 2.05. The Morgan fingerprint density at radius 2 is 2.24 bits per heavy atom. The predicted octanol–water partition coefficient (Wildman–Crippen LogP) is 1.71. The van der Waals surface area contributed by atoms with Crippen molar-refractivity contribution < 1.29 is 4.79 Å². The lowest BCUT2D eigenvalue weighted by atomic mass is 10.1. The summed E-state index contributed by atoms with van der Waals surface area (Å²) in [6, 6.07) is 8.85. The normalized spacial score (nSPS) is 14.7. The van der Waals surface area contributed by atoms with Crippen LogP contribution in [0.25, 0.3) is 0 Å². The van der Waals surface area contributed by atoms with Crippen molar-refractivity contribution >= 4 is 5.91 Å². The molecule has 1 fully saturated rings. The van der Waals surface area contributed by atoms with Crippen molar-refractivity contribution in [3.63, 3.8) is 0 Å². The van der Waals surface area contributed by atoms with Gasteiger partial charge in [0.1, 0.15) is 0 Å². The molecular weight excluding hydrogens is 212 g/mol. The van der Waals surface area contributed by atoms with Crippen molar-refractivity contribution in [1.82, 2.24) is 10.2 Å². The predicted molar refractivity (Wildman–Crippen MR) is 68.7 cm³/mol. The van der Waals surface area contributed by atoms with Crippen LogP contribution >= 0.6 is 0 Å². The fourth-order valence-corrected chi connectivity index (χ4v) is 2.07. The minimum absolute atomic E-state index is 0.205. The van der Waals surface area contributed by atoms with Crippen LogP contribution in [0.15, 0.2) is 24.3 Å². The van der Waals surface area contributed by atoms with Gasteiger partial charge in [-0.2, -0.15) is 0 Å². The van der Waals surface area contributed by atoms with Gasteiger partial charge < -0.3 is 10.2 Å². The maximum absolute atomic E-state index is 12.0. The number of hydrogen-bond donors (Lipinski definition) is 1. The van der Waals surface area contributed by atoms with Gasteiger partial charge in [0, 0.05) is 12.6 Å². The van der Waals surface area contributed by atoms with Gasteiger partial charge in [0.25, 0.3) is 0 Å². The van der Waals surface area contributed by atoms with Crippen molar-refractivity contribution in [1.29, 1.82) is 0 Å². The summed E-state index contributed by atoms with van der Waals surface area (Å²) >= 11 is 0. The van der Waals surface area contributed by atoms with Crippen molar-refractivity contribution in [2.24, 2.45) is 0 Å². The molecule has 0 unspecified atom stereocenters. The summed E-state index contributed by atoms with van der Waals surface area (Å²) < 4.78 is 0. The number of aryl methyl sites for hydroxylation is 1. The van der Waals surface area contributed by atoms with E-state index >= 15 is 0 Å². The molecule has 0 aliphatic heterocycles. The fraction of sp³-hybridized carbons (Fsp3) is 0.500. The Morgan fingerprint density at radius 3 is 2.82 bits per heavy atom. The van der Waals surface area contributed by atoms with E-state index in [4.69, 9.17) is 0 Å². The van der Waals surface area contributed by atoms with Crippen LogP contribution in [0, 0.1) is 6.92 Å². The van der Waals surface area contributed by atoms with E-state index in [0.29, 0.717) is 12.6 Å². The van der Waals surface area contributed by atoms with Gasteiger partial charge in [-0.25, -0.2) is 0 Å². The maximum atomic E-state index is 12.0. The van der Waals surface area contributed by atoms with Crippen molar-refractivity contribution in [3.05, 3.63) is 35.4 Å². The third-order valence-corrected chi connectivity index (χ3v) is 3.07. The van der Waals surface area contributed by atoms with E-state index in [1.807, 2.05) is 11.9 Å². The lowest BCUT2D eigenvalue weighted by Crippen LogP contribution is -2.38. The smallest absolute Gasteiger partial charge is 0.237 e. The first kappa shape index (κ1) is 12.1. The topological polar surface area (TPSA) is 32.3 Å². The Kier molecular flexibility index (Phi) is 3.79. The zero-order valence-corrected chi connectivity index (χ0v) is 10.6. The van der Waals surface area contributed by atoms with Gasteiger partial charge in [0.2, 0.25) is 5.91 Å². The second-order valence-corrected chi connectivity index (χ2v) is 4.77. The molecule has 1 amide bonds.